The fraction of sp³-hybridized carbons (Fsp3) is 0.182. The molecule has 14 heavy (non-hydrogen) atoms. The molecule has 0 unspecified atom stereocenters. The van der Waals surface area contributed by atoms with Gasteiger partial charge in [-0.25, -0.2) is 0 Å². The Morgan fingerprint density at radius 1 is 1.43 bits per heavy atom. The minimum Gasteiger partial charge on any atom is -0.497 e. The second kappa shape index (κ2) is 6.71. The highest BCUT2D eigenvalue weighted by Crippen LogP contribution is 2.11. The number of carbonyl (C=O) groups is 1. The van der Waals surface area contributed by atoms with Crippen molar-refractivity contribution in [2.45, 2.75) is 6.42 Å². The molecule has 78 valence electrons. The largest absolute Gasteiger partial charge is 0.497 e. The fourth-order valence-electron chi connectivity index (χ4n) is 0.945. The maximum absolute atomic E-state index is 10.5. The van der Waals surface area contributed by atoms with Gasteiger partial charge in [0.2, 0.25) is 5.91 Å². The molecule has 0 aromatic heterocycles. The molecule has 0 aliphatic carbocycles. The second-order valence-corrected chi connectivity index (χ2v) is 2.49. The summed E-state index contributed by atoms with van der Waals surface area (Å²) in [5, 5.41) is 0. The molecule has 0 spiro atoms. The predicted octanol–water partition coefficient (Wildman–Crippen LogP) is 1.77. The van der Waals surface area contributed by atoms with E-state index in [2.05, 4.69) is 13.2 Å². The molecule has 1 amide bonds. The Balaban J connectivity index is 0. The molecule has 0 aliphatic heterocycles. The minimum atomic E-state index is -0.319. The van der Waals surface area contributed by atoms with Gasteiger partial charge < -0.3 is 10.5 Å². The van der Waals surface area contributed by atoms with E-state index in [0.717, 1.165) is 11.3 Å². The Hall–Kier alpha value is -1.77. The van der Waals surface area contributed by atoms with E-state index in [9.17, 15) is 4.79 Å². The predicted molar refractivity (Wildman–Crippen MR) is 59.3 cm³/mol. The van der Waals surface area contributed by atoms with Crippen molar-refractivity contribution in [3.05, 3.63) is 43.0 Å². The van der Waals surface area contributed by atoms with Crippen LogP contribution < -0.4 is 10.5 Å². The average molecular weight is 195 g/mol. The second-order valence-electron chi connectivity index (χ2n) is 2.49. The first-order valence-corrected chi connectivity index (χ1v) is 4.13. The lowest BCUT2D eigenvalue weighted by Crippen LogP contribution is -2.13. The highest BCUT2D eigenvalue weighted by molar-refractivity contribution is 5.76. The van der Waals surface area contributed by atoms with Gasteiger partial charge in [-0.05, 0) is 17.7 Å². The molecule has 2 N–H and O–H groups in total. The Bertz CT molecular complexity index is 285. The highest BCUT2D eigenvalue weighted by atomic mass is 16.5. The molecule has 0 fully saturated rings. The van der Waals surface area contributed by atoms with Crippen LogP contribution in [0.1, 0.15) is 6.99 Å². The van der Waals surface area contributed by atoms with E-state index in [-0.39, 0.29) is 13.8 Å². The number of nitrogens with two attached hydrogens (primary N) is 1. The zero-order chi connectivity index (χ0) is 11.0. The van der Waals surface area contributed by atoms with Crippen molar-refractivity contribution in [1.82, 2.24) is 0 Å². The fourth-order valence-corrected chi connectivity index (χ4v) is 0.945. The number of hydrogen-bond acceptors (Lipinski definition) is 2. The van der Waals surface area contributed by atoms with Gasteiger partial charge in [-0.3, -0.25) is 4.79 Å². The summed E-state index contributed by atoms with van der Waals surface area (Å²) in [6.07, 6.45) is 0.282. The molecule has 0 radical (unpaired) electrons. The maximum Gasteiger partial charge on any atom is 0.221 e. The lowest BCUT2D eigenvalue weighted by Gasteiger charge is -2.00. The number of amides is 1. The first kappa shape index (κ1) is 12.2. The van der Waals surface area contributed by atoms with Crippen LogP contribution in [-0.2, 0) is 11.2 Å². The number of carbonyl (C=O) groups excluding carboxylic acids is 1. The number of benzene rings is 1. The molecule has 1 rings (SSSR count). The first-order chi connectivity index (χ1) is 6.72. The summed E-state index contributed by atoms with van der Waals surface area (Å²) in [4.78, 5) is 10.5. The third kappa shape index (κ3) is 4.30. The SMILES string of the molecule is C=C.COc1ccc(CC(N)=O)cc1.[HH]. The van der Waals surface area contributed by atoms with Crippen LogP contribution in [0, 0.1) is 0 Å². The number of ether oxygens (including phenoxy) is 1. The zero-order valence-electron chi connectivity index (χ0n) is 8.32. The van der Waals surface area contributed by atoms with Crippen LogP contribution in [0.4, 0.5) is 0 Å². The van der Waals surface area contributed by atoms with Crippen molar-refractivity contribution in [3.8, 4) is 5.75 Å². The zero-order valence-corrected chi connectivity index (χ0v) is 8.32. The summed E-state index contributed by atoms with van der Waals surface area (Å²) in [6.45, 7) is 6.00. The number of rotatable bonds is 3. The van der Waals surface area contributed by atoms with Crippen molar-refractivity contribution < 1.29 is 11.0 Å². The molecule has 0 atom stereocenters. The third-order valence-corrected chi connectivity index (χ3v) is 1.54. The van der Waals surface area contributed by atoms with Crippen molar-refractivity contribution >= 4 is 5.91 Å². The van der Waals surface area contributed by atoms with E-state index in [1.54, 1.807) is 19.2 Å². The average Bonchev–Trinajstić information content (AvgIpc) is 2.21. The molecule has 3 nitrogen and oxygen atoms in total. The van der Waals surface area contributed by atoms with Crippen LogP contribution in [0.15, 0.2) is 37.4 Å². The van der Waals surface area contributed by atoms with Gasteiger partial charge in [0.1, 0.15) is 5.75 Å². The topological polar surface area (TPSA) is 52.3 Å². The molecular formula is C11H17NO2. The summed E-state index contributed by atoms with van der Waals surface area (Å²) < 4.78 is 4.96. The van der Waals surface area contributed by atoms with Gasteiger partial charge in [-0.1, -0.05) is 12.1 Å². The highest BCUT2D eigenvalue weighted by Gasteiger charge is 1.97. The van der Waals surface area contributed by atoms with Crippen LogP contribution in [0.2, 0.25) is 0 Å². The van der Waals surface area contributed by atoms with Crippen LogP contribution >= 0.6 is 0 Å². The number of primary amides is 1. The summed E-state index contributed by atoms with van der Waals surface area (Å²) in [6, 6.07) is 7.25. The first-order valence-electron chi connectivity index (χ1n) is 4.13. The standard InChI is InChI=1S/C9H11NO2.C2H4.H2/c1-12-8-4-2-7(3-5-8)6-9(10)11;1-2;/h2-5H,6H2,1H3,(H2,10,11);1-2H2;1H. The summed E-state index contributed by atoms with van der Waals surface area (Å²) >= 11 is 0. The van der Waals surface area contributed by atoms with E-state index >= 15 is 0 Å². The minimum absolute atomic E-state index is 0. The van der Waals surface area contributed by atoms with Gasteiger partial charge in [-0.15, -0.1) is 13.2 Å². The Morgan fingerprint density at radius 2 is 1.93 bits per heavy atom. The molecule has 1 aromatic rings. The van der Waals surface area contributed by atoms with E-state index in [4.69, 9.17) is 10.5 Å². The summed E-state index contributed by atoms with van der Waals surface area (Å²) in [5.74, 6) is 0.461. The smallest absolute Gasteiger partial charge is 0.221 e. The number of methoxy groups -OCH3 is 1. The van der Waals surface area contributed by atoms with Crippen LogP contribution in [0.5, 0.6) is 5.75 Å². The molecule has 0 aliphatic rings. The van der Waals surface area contributed by atoms with Crippen molar-refractivity contribution in [2.75, 3.05) is 7.11 Å². The van der Waals surface area contributed by atoms with Crippen molar-refractivity contribution in [3.63, 3.8) is 0 Å². The molecule has 0 heterocycles. The summed E-state index contributed by atoms with van der Waals surface area (Å²) in [7, 11) is 1.60. The quantitative estimate of drug-likeness (QED) is 0.747. The van der Waals surface area contributed by atoms with Crippen molar-refractivity contribution in [1.29, 1.82) is 0 Å². The van der Waals surface area contributed by atoms with E-state index in [0.29, 0.717) is 0 Å². The van der Waals surface area contributed by atoms with Gasteiger partial charge in [-0.2, -0.15) is 0 Å². The van der Waals surface area contributed by atoms with Gasteiger partial charge in [0.15, 0.2) is 0 Å². The van der Waals surface area contributed by atoms with Gasteiger partial charge >= 0.3 is 0 Å². The van der Waals surface area contributed by atoms with Gasteiger partial charge in [0.05, 0.1) is 13.5 Å². The van der Waals surface area contributed by atoms with E-state index < -0.39 is 0 Å². The van der Waals surface area contributed by atoms with Gasteiger partial charge in [0, 0.05) is 1.43 Å². The molecule has 0 saturated heterocycles. The van der Waals surface area contributed by atoms with Crippen LogP contribution in [-0.4, -0.2) is 13.0 Å². The Morgan fingerprint density at radius 3 is 2.29 bits per heavy atom. The van der Waals surface area contributed by atoms with Gasteiger partial charge in [0.25, 0.3) is 0 Å². The van der Waals surface area contributed by atoms with Crippen LogP contribution in [0.3, 0.4) is 0 Å². The summed E-state index contributed by atoms with van der Waals surface area (Å²) in [5.41, 5.74) is 5.93. The van der Waals surface area contributed by atoms with Crippen LogP contribution in [0.25, 0.3) is 0 Å². The molecule has 0 saturated carbocycles. The molecule has 3 heteroatoms. The molecule has 0 bridgehead atoms. The van der Waals surface area contributed by atoms with E-state index in [1.165, 1.54) is 0 Å². The maximum atomic E-state index is 10.5. The normalized spacial score (nSPS) is 8.36. The number of hydrogen-bond donors (Lipinski definition) is 1. The van der Waals surface area contributed by atoms with Crippen molar-refractivity contribution in [2.24, 2.45) is 5.73 Å². The molecule has 1 aromatic carbocycles. The monoisotopic (exact) mass is 195 g/mol. The Kier molecular flexibility index (Phi) is 5.87. The Labute approximate surface area is 85.7 Å². The molecular weight excluding hydrogens is 178 g/mol. The third-order valence-electron chi connectivity index (χ3n) is 1.54. The lowest BCUT2D eigenvalue weighted by atomic mass is 10.1. The lowest BCUT2D eigenvalue weighted by molar-refractivity contribution is -0.117. The van der Waals surface area contributed by atoms with E-state index in [1.807, 2.05) is 12.1 Å².